The lowest BCUT2D eigenvalue weighted by Crippen LogP contribution is -2.26. The third-order valence-corrected chi connectivity index (χ3v) is 1.51. The molecule has 0 fully saturated rings. The second-order valence-electron chi connectivity index (χ2n) is 2.38. The Bertz CT molecular complexity index is 348. The van der Waals surface area contributed by atoms with Crippen molar-refractivity contribution in [2.45, 2.75) is 0 Å². The van der Waals surface area contributed by atoms with Crippen molar-refractivity contribution in [3.63, 3.8) is 0 Å². The predicted octanol–water partition coefficient (Wildman–Crippen LogP) is 0.672. The van der Waals surface area contributed by atoms with E-state index in [0.29, 0.717) is 11.9 Å². The van der Waals surface area contributed by atoms with Gasteiger partial charge in [-0.05, 0) is 10.2 Å². The molecule has 0 aliphatic rings. The topological polar surface area (TPSA) is 71.1 Å². The molecular weight excluding hydrogens is 170 g/mol. The summed E-state index contributed by atoms with van der Waals surface area (Å²) in [6.45, 7) is 0. The van der Waals surface area contributed by atoms with Gasteiger partial charge in [-0.15, -0.1) is 14.9 Å². The van der Waals surface area contributed by atoms with E-state index in [1.54, 1.807) is 37.4 Å². The molecule has 0 saturated carbocycles. The zero-order valence-corrected chi connectivity index (χ0v) is 8.13. The van der Waals surface area contributed by atoms with E-state index >= 15 is 0 Å². The minimum Gasteiger partial charge on any atom is -0.208 e. The highest BCUT2D eigenvalue weighted by molar-refractivity contribution is 5.11. The van der Waals surface area contributed by atoms with Crippen molar-refractivity contribution in [3.8, 4) is 0 Å². The summed E-state index contributed by atoms with van der Waals surface area (Å²) >= 11 is 0. The summed E-state index contributed by atoms with van der Waals surface area (Å²) in [7, 11) is 6.78. The van der Waals surface area contributed by atoms with Crippen LogP contribution in [0, 0.1) is 0 Å². The predicted molar refractivity (Wildman–Crippen MR) is 45.3 cm³/mol. The number of aryl methyl sites for hydroxylation is 1. The van der Waals surface area contributed by atoms with Crippen molar-refractivity contribution in [3.05, 3.63) is 0 Å². The molecule has 13 heavy (non-hydrogen) atoms. The van der Waals surface area contributed by atoms with Gasteiger partial charge in [-0.3, -0.25) is 0 Å². The van der Waals surface area contributed by atoms with E-state index in [-0.39, 0.29) is 0 Å². The van der Waals surface area contributed by atoms with Crippen molar-refractivity contribution >= 4 is 11.9 Å². The lowest BCUT2D eigenvalue weighted by molar-refractivity contribution is -0.646. The highest BCUT2D eigenvalue weighted by Crippen LogP contribution is 2.09. The molecule has 0 unspecified atom stereocenters. The summed E-state index contributed by atoms with van der Waals surface area (Å²) in [5, 5.41) is 19.1. The van der Waals surface area contributed by atoms with Gasteiger partial charge in [0.15, 0.2) is 0 Å². The van der Waals surface area contributed by atoms with Gasteiger partial charge in [0.2, 0.25) is 0 Å². The van der Waals surface area contributed by atoms with E-state index in [4.69, 9.17) is 0 Å². The maximum Gasteiger partial charge on any atom is 0.403 e. The highest BCUT2D eigenvalue weighted by atomic mass is 15.5. The van der Waals surface area contributed by atoms with E-state index in [9.17, 15) is 0 Å². The van der Waals surface area contributed by atoms with Crippen LogP contribution in [0.2, 0.25) is 0 Å². The molecule has 0 saturated heterocycles. The van der Waals surface area contributed by atoms with Gasteiger partial charge >= 0.3 is 11.9 Å². The van der Waals surface area contributed by atoms with E-state index < -0.39 is 0 Å². The lowest BCUT2D eigenvalue weighted by Gasteiger charge is -1.85. The average molecular weight is 182 g/mol. The Morgan fingerprint density at radius 1 is 1.23 bits per heavy atom. The largest absolute Gasteiger partial charge is 0.403 e. The van der Waals surface area contributed by atoms with Crippen LogP contribution in [0.15, 0.2) is 20.5 Å². The average Bonchev–Trinajstić information content (AvgIpc) is 2.34. The van der Waals surface area contributed by atoms with Crippen LogP contribution in [0.25, 0.3) is 0 Å². The second-order valence-corrected chi connectivity index (χ2v) is 2.38. The van der Waals surface area contributed by atoms with Crippen LogP contribution in [-0.2, 0) is 14.1 Å². The van der Waals surface area contributed by atoms with Crippen molar-refractivity contribution in [1.82, 2.24) is 9.78 Å². The molecule has 1 aromatic heterocycles. The SMILES string of the molecule is CN=Nc1nn(C)c(N=NC)[n+]1C. The van der Waals surface area contributed by atoms with Gasteiger partial charge in [0.25, 0.3) is 0 Å². The molecule has 0 bridgehead atoms. The summed E-state index contributed by atoms with van der Waals surface area (Å²) in [5.41, 5.74) is 0. The Morgan fingerprint density at radius 3 is 2.38 bits per heavy atom. The monoisotopic (exact) mass is 182 g/mol. The van der Waals surface area contributed by atoms with Crippen molar-refractivity contribution in [1.29, 1.82) is 0 Å². The zero-order valence-electron chi connectivity index (χ0n) is 8.13. The van der Waals surface area contributed by atoms with Crippen LogP contribution in [0.4, 0.5) is 11.9 Å². The first-order valence-corrected chi connectivity index (χ1v) is 3.73. The van der Waals surface area contributed by atoms with Crippen LogP contribution in [0.1, 0.15) is 0 Å². The van der Waals surface area contributed by atoms with Crippen molar-refractivity contribution in [2.75, 3.05) is 14.1 Å². The molecule has 0 aliphatic heterocycles. The number of nitrogens with zero attached hydrogens (tertiary/aromatic N) is 7. The second kappa shape index (κ2) is 3.83. The maximum atomic E-state index is 4.08. The zero-order chi connectivity index (χ0) is 9.84. The smallest absolute Gasteiger partial charge is 0.208 e. The van der Waals surface area contributed by atoms with Gasteiger partial charge in [0.05, 0.1) is 21.1 Å². The molecule has 7 heteroatoms. The minimum absolute atomic E-state index is 0.507. The molecule has 0 N–H and O–H groups in total. The van der Waals surface area contributed by atoms with Crippen LogP contribution < -0.4 is 4.57 Å². The Morgan fingerprint density at radius 2 is 1.85 bits per heavy atom. The van der Waals surface area contributed by atoms with Gasteiger partial charge in [0, 0.05) is 12.1 Å². The molecule has 0 atom stereocenters. The molecule has 0 aromatic carbocycles. The van der Waals surface area contributed by atoms with Crippen molar-refractivity contribution < 1.29 is 4.57 Å². The van der Waals surface area contributed by atoms with Crippen LogP contribution in [0.3, 0.4) is 0 Å². The maximum absolute atomic E-state index is 4.08. The normalized spacial score (nSPS) is 12.0. The molecule has 0 aliphatic carbocycles. The fourth-order valence-corrected chi connectivity index (χ4v) is 0.950. The van der Waals surface area contributed by atoms with E-state index in [1.807, 2.05) is 0 Å². The molecule has 0 radical (unpaired) electrons. The fourth-order valence-electron chi connectivity index (χ4n) is 0.950. The number of hydrogen-bond acceptors (Lipinski definition) is 5. The standard InChI is InChI=1S/C6H12N7/c1-7-9-5-11-13(4)6(10-8-2)12(5)3/h1-4H3/q+1. The van der Waals surface area contributed by atoms with Crippen LogP contribution in [0.5, 0.6) is 0 Å². The third-order valence-electron chi connectivity index (χ3n) is 1.51. The molecule has 70 valence electrons. The highest BCUT2D eigenvalue weighted by Gasteiger charge is 2.18. The summed E-state index contributed by atoms with van der Waals surface area (Å²) < 4.78 is 3.30. The molecule has 7 nitrogen and oxygen atoms in total. The number of aromatic nitrogens is 3. The van der Waals surface area contributed by atoms with E-state index in [2.05, 4.69) is 25.6 Å². The number of azo groups is 2. The van der Waals surface area contributed by atoms with Crippen molar-refractivity contribution in [2.24, 2.45) is 34.6 Å². The quantitative estimate of drug-likeness (QED) is 0.489. The Hall–Kier alpha value is -1.66. The number of hydrogen-bond donors (Lipinski definition) is 0. The molecule has 0 amide bonds. The Labute approximate surface area is 75.8 Å². The summed E-state index contributed by atoms with van der Waals surface area (Å²) in [4.78, 5) is 0. The fraction of sp³-hybridized carbons (Fsp3) is 0.667. The van der Waals surface area contributed by atoms with Gasteiger partial charge in [-0.1, -0.05) is 0 Å². The summed E-state index contributed by atoms with van der Waals surface area (Å²) in [5.74, 6) is 1.14. The third kappa shape index (κ3) is 1.74. The molecular formula is C6H12N7+. The van der Waals surface area contributed by atoms with E-state index in [1.165, 1.54) is 0 Å². The van der Waals surface area contributed by atoms with Gasteiger partial charge in [0.1, 0.15) is 0 Å². The first kappa shape index (κ1) is 9.43. The molecule has 1 aromatic rings. The Kier molecular flexibility index (Phi) is 2.78. The van der Waals surface area contributed by atoms with Gasteiger partial charge in [-0.2, -0.15) is 0 Å². The molecule has 1 heterocycles. The first-order valence-electron chi connectivity index (χ1n) is 3.73. The lowest BCUT2D eigenvalue weighted by atomic mass is 10.9. The number of rotatable bonds is 2. The van der Waals surface area contributed by atoms with Gasteiger partial charge in [-0.25, -0.2) is 4.57 Å². The minimum atomic E-state index is 0.507. The van der Waals surface area contributed by atoms with E-state index in [0.717, 1.165) is 0 Å². The molecule has 1 rings (SSSR count). The Balaban J connectivity index is 3.21. The first-order chi connectivity index (χ1) is 6.20. The molecule has 0 spiro atoms. The summed E-state index contributed by atoms with van der Waals surface area (Å²) in [6.07, 6.45) is 0. The van der Waals surface area contributed by atoms with Crippen LogP contribution >= 0.6 is 0 Å². The summed E-state index contributed by atoms with van der Waals surface area (Å²) in [6, 6.07) is 0. The van der Waals surface area contributed by atoms with Crippen LogP contribution in [-0.4, -0.2) is 23.9 Å². The van der Waals surface area contributed by atoms with Gasteiger partial charge < -0.3 is 0 Å².